The van der Waals surface area contributed by atoms with Gasteiger partial charge in [-0.3, -0.25) is 9.59 Å². The van der Waals surface area contributed by atoms with E-state index in [4.69, 9.17) is 16.3 Å². The van der Waals surface area contributed by atoms with E-state index in [0.717, 1.165) is 42.5 Å². The van der Waals surface area contributed by atoms with Crippen LogP contribution in [-0.4, -0.2) is 35.1 Å². The number of para-hydroxylation sites is 2. The number of halogens is 1. The van der Waals surface area contributed by atoms with Crippen molar-refractivity contribution in [2.75, 3.05) is 13.7 Å². The molecule has 0 fully saturated rings. The summed E-state index contributed by atoms with van der Waals surface area (Å²) in [5, 5.41) is 3.53. The number of nitrogens with zero attached hydrogens (tertiary/aromatic N) is 2. The molecule has 1 heterocycles. The molecule has 0 radical (unpaired) electrons. The lowest BCUT2D eigenvalue weighted by Crippen LogP contribution is -2.24. The molecule has 2 aromatic carbocycles. The van der Waals surface area contributed by atoms with Crippen LogP contribution in [0.1, 0.15) is 35.4 Å². The quantitative estimate of drug-likeness (QED) is 0.425. The molecule has 1 amide bonds. The first-order valence-corrected chi connectivity index (χ1v) is 10.0. The predicted molar refractivity (Wildman–Crippen MR) is 113 cm³/mol. The van der Waals surface area contributed by atoms with Crippen molar-refractivity contribution in [3.05, 3.63) is 64.9 Å². The number of nitrogens with one attached hydrogen (secondary N) is 1. The predicted octanol–water partition coefficient (Wildman–Crippen LogP) is 4.01. The first-order valence-electron chi connectivity index (χ1n) is 9.63. The highest BCUT2D eigenvalue weighted by Crippen LogP contribution is 2.18. The van der Waals surface area contributed by atoms with Crippen molar-refractivity contribution in [3.63, 3.8) is 0 Å². The van der Waals surface area contributed by atoms with Crippen LogP contribution >= 0.6 is 11.6 Å². The zero-order valence-corrected chi connectivity index (χ0v) is 17.1. The molecule has 6 nitrogen and oxygen atoms in total. The lowest BCUT2D eigenvalue weighted by atomic mass is 10.1. The molecule has 0 unspecified atom stereocenters. The average molecular weight is 414 g/mol. The van der Waals surface area contributed by atoms with Gasteiger partial charge in [-0.1, -0.05) is 30.2 Å². The number of imidazole rings is 1. The number of fused-ring (bicyclic) bond motifs is 1. The molecule has 0 atom stereocenters. The fourth-order valence-electron chi connectivity index (χ4n) is 3.18. The number of aromatic nitrogens is 2. The van der Waals surface area contributed by atoms with Crippen molar-refractivity contribution >= 4 is 34.5 Å². The average Bonchev–Trinajstić information content (AvgIpc) is 3.08. The number of carbonyl (C=O) groups excluding carboxylic acids is 2. The maximum atomic E-state index is 12.1. The number of methoxy groups -OCH3 is 1. The van der Waals surface area contributed by atoms with Crippen LogP contribution in [0.2, 0.25) is 5.02 Å². The van der Waals surface area contributed by atoms with E-state index in [-0.39, 0.29) is 18.4 Å². The van der Waals surface area contributed by atoms with Gasteiger partial charge in [0.05, 0.1) is 18.1 Å². The molecule has 0 aliphatic rings. The van der Waals surface area contributed by atoms with Crippen LogP contribution in [0.4, 0.5) is 0 Å². The Morgan fingerprint density at radius 2 is 1.83 bits per heavy atom. The molecule has 0 saturated carbocycles. The molecule has 0 aliphatic carbocycles. The van der Waals surface area contributed by atoms with Gasteiger partial charge in [-0.25, -0.2) is 4.98 Å². The number of amides is 1. The second-order valence-corrected chi connectivity index (χ2v) is 7.19. The highest BCUT2D eigenvalue weighted by atomic mass is 35.5. The molecule has 1 N–H and O–H groups in total. The van der Waals surface area contributed by atoms with Crippen LogP contribution in [0.15, 0.2) is 48.5 Å². The van der Waals surface area contributed by atoms with E-state index in [1.807, 2.05) is 28.8 Å². The summed E-state index contributed by atoms with van der Waals surface area (Å²) in [5.74, 6) is 0.489. The molecule has 3 aromatic rings. The Morgan fingerprint density at radius 3 is 2.59 bits per heavy atom. The van der Waals surface area contributed by atoms with Gasteiger partial charge in [0, 0.05) is 23.6 Å². The number of benzene rings is 2. The third-order valence-corrected chi connectivity index (χ3v) is 4.97. The molecule has 3 rings (SSSR count). The van der Waals surface area contributed by atoms with Crippen molar-refractivity contribution < 1.29 is 14.3 Å². The number of carbonyl (C=O) groups is 2. The van der Waals surface area contributed by atoms with E-state index < -0.39 is 0 Å². The molecule has 0 saturated heterocycles. The van der Waals surface area contributed by atoms with Crippen LogP contribution < -0.4 is 5.32 Å². The second-order valence-electron chi connectivity index (χ2n) is 6.75. The summed E-state index contributed by atoms with van der Waals surface area (Å²) in [4.78, 5) is 28.5. The third kappa shape index (κ3) is 5.57. The van der Waals surface area contributed by atoms with Crippen molar-refractivity contribution in [2.45, 2.75) is 32.2 Å². The van der Waals surface area contributed by atoms with E-state index in [0.29, 0.717) is 17.1 Å². The van der Waals surface area contributed by atoms with E-state index in [2.05, 4.69) is 10.3 Å². The maximum absolute atomic E-state index is 12.1. The van der Waals surface area contributed by atoms with Crippen LogP contribution in [-0.2, 0) is 22.5 Å². The number of rotatable bonds is 9. The largest absolute Gasteiger partial charge is 0.468 e. The smallest absolute Gasteiger partial charge is 0.325 e. The first kappa shape index (κ1) is 20.9. The highest BCUT2D eigenvalue weighted by Gasteiger charge is 2.13. The van der Waals surface area contributed by atoms with Crippen molar-refractivity contribution in [2.24, 2.45) is 0 Å². The minimum absolute atomic E-state index is 0.0958. The summed E-state index contributed by atoms with van der Waals surface area (Å²) in [6.07, 6.45) is 3.50. The van der Waals surface area contributed by atoms with Gasteiger partial charge in [-0.2, -0.15) is 0 Å². The fraction of sp³-hybridized carbons (Fsp3) is 0.318. The van der Waals surface area contributed by atoms with Gasteiger partial charge in [-0.15, -0.1) is 0 Å². The minimum atomic E-state index is -0.292. The van der Waals surface area contributed by atoms with Gasteiger partial charge >= 0.3 is 5.97 Å². The first-order chi connectivity index (χ1) is 14.1. The molecule has 152 valence electrons. The molecular weight excluding hydrogens is 390 g/mol. The minimum Gasteiger partial charge on any atom is -0.468 e. The monoisotopic (exact) mass is 413 g/mol. The van der Waals surface area contributed by atoms with Gasteiger partial charge in [-0.05, 0) is 49.2 Å². The van der Waals surface area contributed by atoms with Crippen LogP contribution in [0, 0.1) is 0 Å². The Morgan fingerprint density at radius 1 is 1.07 bits per heavy atom. The van der Waals surface area contributed by atoms with Gasteiger partial charge < -0.3 is 14.6 Å². The molecule has 1 aromatic heterocycles. The normalized spacial score (nSPS) is 10.8. The van der Waals surface area contributed by atoms with Crippen LogP contribution in [0.25, 0.3) is 11.0 Å². The summed E-state index contributed by atoms with van der Waals surface area (Å²) in [7, 11) is 1.39. The summed E-state index contributed by atoms with van der Waals surface area (Å²) >= 11 is 5.84. The highest BCUT2D eigenvalue weighted by molar-refractivity contribution is 6.30. The van der Waals surface area contributed by atoms with E-state index >= 15 is 0 Å². The summed E-state index contributed by atoms with van der Waals surface area (Å²) in [5.41, 5.74) is 2.41. The van der Waals surface area contributed by atoms with Crippen LogP contribution in [0.5, 0.6) is 0 Å². The number of unbranched alkanes of at least 4 members (excludes halogenated alkanes) is 2. The summed E-state index contributed by atoms with van der Waals surface area (Å²) in [6.45, 7) is 0.767. The summed E-state index contributed by atoms with van der Waals surface area (Å²) in [6, 6.07) is 14.6. The fourth-order valence-corrected chi connectivity index (χ4v) is 3.30. The van der Waals surface area contributed by atoms with Gasteiger partial charge in [0.15, 0.2) is 0 Å². The molecule has 7 heteroatoms. The van der Waals surface area contributed by atoms with E-state index in [1.54, 1.807) is 24.3 Å². The Labute approximate surface area is 174 Å². The lowest BCUT2D eigenvalue weighted by molar-refractivity contribution is -0.141. The van der Waals surface area contributed by atoms with Crippen molar-refractivity contribution in [1.82, 2.24) is 14.9 Å². The molecule has 0 spiro atoms. The Bertz CT molecular complexity index is 983. The lowest BCUT2D eigenvalue weighted by Gasteiger charge is -2.08. The third-order valence-electron chi connectivity index (χ3n) is 4.72. The maximum Gasteiger partial charge on any atom is 0.325 e. The number of esters is 1. The van der Waals surface area contributed by atoms with Gasteiger partial charge in [0.2, 0.25) is 0 Å². The zero-order valence-electron chi connectivity index (χ0n) is 16.4. The van der Waals surface area contributed by atoms with Gasteiger partial charge in [0.1, 0.15) is 12.4 Å². The number of aryl methyl sites for hydroxylation is 1. The Balaban J connectivity index is 1.48. The Hall–Kier alpha value is -2.86. The molecular formula is C22H24ClN3O3. The zero-order chi connectivity index (χ0) is 20.6. The van der Waals surface area contributed by atoms with Crippen molar-refractivity contribution in [3.8, 4) is 0 Å². The van der Waals surface area contributed by atoms with Gasteiger partial charge in [0.25, 0.3) is 5.91 Å². The van der Waals surface area contributed by atoms with Crippen LogP contribution in [0.3, 0.4) is 0 Å². The molecule has 0 aliphatic heterocycles. The SMILES string of the molecule is COC(=O)Cn1c(CCCCCNC(=O)c2ccc(Cl)cc2)nc2ccccc21. The van der Waals surface area contributed by atoms with E-state index in [9.17, 15) is 9.59 Å². The number of ether oxygens (including phenoxy) is 1. The number of hydrogen-bond donors (Lipinski definition) is 1. The molecule has 0 bridgehead atoms. The van der Waals surface area contributed by atoms with E-state index in [1.165, 1.54) is 7.11 Å². The summed E-state index contributed by atoms with van der Waals surface area (Å²) < 4.78 is 6.74. The van der Waals surface area contributed by atoms with Crippen molar-refractivity contribution in [1.29, 1.82) is 0 Å². The standard InChI is InChI=1S/C22H24ClN3O3/c1-29-21(27)15-26-19-8-5-4-7-18(19)25-20(26)9-3-2-6-14-24-22(28)16-10-12-17(23)13-11-16/h4-5,7-8,10-13H,2-3,6,9,14-15H2,1H3,(H,24,28). The second kappa shape index (κ2) is 10.1. The molecule has 29 heavy (non-hydrogen) atoms. The topological polar surface area (TPSA) is 73.2 Å². The number of hydrogen-bond acceptors (Lipinski definition) is 4. The Kier molecular flexibility index (Phi) is 7.25.